The zero-order valence-corrected chi connectivity index (χ0v) is 17.2. The smallest absolute Gasteiger partial charge is 0.230 e. The molecule has 0 aliphatic carbocycles. The topological polar surface area (TPSA) is 64.4 Å². The van der Waals surface area contributed by atoms with E-state index in [1.807, 2.05) is 48.7 Å². The first-order chi connectivity index (χ1) is 14.1. The first-order valence-corrected chi connectivity index (χ1v) is 10.5. The molecule has 4 aromatic rings. The lowest BCUT2D eigenvalue weighted by atomic mass is 10.1. The maximum Gasteiger partial charge on any atom is 0.230 e. The van der Waals surface area contributed by atoms with Crippen molar-refractivity contribution in [1.29, 1.82) is 0 Å². The molecule has 0 bridgehead atoms. The van der Waals surface area contributed by atoms with Crippen molar-refractivity contribution in [3.63, 3.8) is 0 Å². The number of aryl methyl sites for hydroxylation is 1. The van der Waals surface area contributed by atoms with Crippen LogP contribution in [0.1, 0.15) is 25.0 Å². The Bertz CT molecular complexity index is 1130. The van der Waals surface area contributed by atoms with Gasteiger partial charge in [-0.05, 0) is 48.7 Å². The fourth-order valence-corrected chi connectivity index (χ4v) is 3.81. The summed E-state index contributed by atoms with van der Waals surface area (Å²) in [5.74, 6) is 1.40. The fraction of sp³-hybridized carbons (Fsp3) is 0.217. The van der Waals surface area contributed by atoms with Crippen molar-refractivity contribution in [3.05, 3.63) is 65.0 Å². The van der Waals surface area contributed by atoms with E-state index in [4.69, 9.17) is 9.15 Å². The van der Waals surface area contributed by atoms with E-state index in [0.717, 1.165) is 28.7 Å². The van der Waals surface area contributed by atoms with Crippen LogP contribution in [-0.2, 0) is 17.6 Å². The maximum atomic E-state index is 12.3. The molecule has 0 saturated heterocycles. The molecule has 1 N–H and O–H groups in total. The number of hydrogen-bond acceptors (Lipinski definition) is 5. The third-order valence-corrected chi connectivity index (χ3v) is 5.36. The van der Waals surface area contributed by atoms with Crippen LogP contribution in [0.15, 0.2) is 58.3 Å². The van der Waals surface area contributed by atoms with Crippen molar-refractivity contribution in [1.82, 2.24) is 4.98 Å². The van der Waals surface area contributed by atoms with Crippen molar-refractivity contribution in [2.24, 2.45) is 0 Å². The molecule has 0 atom stereocenters. The van der Waals surface area contributed by atoms with Gasteiger partial charge in [0.25, 0.3) is 0 Å². The van der Waals surface area contributed by atoms with Crippen molar-refractivity contribution < 1.29 is 13.9 Å². The average molecular weight is 407 g/mol. The molecule has 2 heterocycles. The van der Waals surface area contributed by atoms with Gasteiger partial charge in [-0.1, -0.05) is 31.2 Å². The quantitative estimate of drug-likeness (QED) is 0.428. The molecule has 0 radical (unpaired) electrons. The van der Waals surface area contributed by atoms with Crippen LogP contribution in [-0.4, -0.2) is 17.5 Å². The number of furan rings is 1. The predicted octanol–water partition coefficient (Wildman–Crippen LogP) is 5.70. The van der Waals surface area contributed by atoms with Gasteiger partial charge in [0.05, 0.1) is 13.0 Å². The van der Waals surface area contributed by atoms with E-state index in [-0.39, 0.29) is 5.91 Å². The molecule has 5 nitrogen and oxygen atoms in total. The molecule has 2 aromatic carbocycles. The van der Waals surface area contributed by atoms with Gasteiger partial charge in [-0.25, -0.2) is 4.98 Å². The van der Waals surface area contributed by atoms with Crippen LogP contribution in [0.25, 0.3) is 22.4 Å². The van der Waals surface area contributed by atoms with Crippen molar-refractivity contribution in [2.45, 2.75) is 26.7 Å². The van der Waals surface area contributed by atoms with Crippen molar-refractivity contribution in [2.75, 3.05) is 11.9 Å². The van der Waals surface area contributed by atoms with Crippen LogP contribution in [0, 0.1) is 0 Å². The van der Waals surface area contributed by atoms with Gasteiger partial charge in [0, 0.05) is 10.8 Å². The minimum absolute atomic E-state index is 0.0823. The summed E-state index contributed by atoms with van der Waals surface area (Å²) in [6, 6.07) is 15.8. The average Bonchev–Trinajstić information content (AvgIpc) is 3.35. The number of hydrogen-bond donors (Lipinski definition) is 1. The highest BCUT2D eigenvalue weighted by atomic mass is 32.1. The molecule has 0 saturated carbocycles. The second-order valence-electron chi connectivity index (χ2n) is 6.68. The molecule has 4 rings (SSSR count). The third-order valence-electron chi connectivity index (χ3n) is 4.60. The summed E-state index contributed by atoms with van der Waals surface area (Å²) >= 11 is 1.38. The van der Waals surface area contributed by atoms with Gasteiger partial charge in [0.15, 0.2) is 10.9 Å². The minimum atomic E-state index is -0.0823. The minimum Gasteiger partial charge on any atom is -0.494 e. The van der Waals surface area contributed by atoms with E-state index in [0.29, 0.717) is 29.6 Å². The lowest BCUT2D eigenvalue weighted by Crippen LogP contribution is -2.14. The molecule has 2 aromatic heterocycles. The summed E-state index contributed by atoms with van der Waals surface area (Å²) in [5, 5.41) is 6.28. The highest BCUT2D eigenvalue weighted by Gasteiger charge is 2.13. The molecule has 0 spiro atoms. The van der Waals surface area contributed by atoms with E-state index in [2.05, 4.69) is 29.4 Å². The van der Waals surface area contributed by atoms with Crippen LogP contribution < -0.4 is 10.1 Å². The number of rotatable bonds is 7. The Morgan fingerprint density at radius 2 is 1.90 bits per heavy atom. The highest BCUT2D eigenvalue weighted by molar-refractivity contribution is 7.14. The normalized spacial score (nSPS) is 11.0. The number of carbonyl (C=O) groups excluding carboxylic acids is 1. The summed E-state index contributed by atoms with van der Waals surface area (Å²) in [6.07, 6.45) is 1.31. The Balaban J connectivity index is 1.44. The lowest BCUT2D eigenvalue weighted by Gasteiger charge is -2.03. The van der Waals surface area contributed by atoms with E-state index < -0.39 is 0 Å². The molecule has 6 heteroatoms. The molecular weight excluding hydrogens is 384 g/mol. The van der Waals surface area contributed by atoms with Crippen LogP contribution in [0.5, 0.6) is 5.75 Å². The molecule has 1 amide bonds. The number of ether oxygens (including phenoxy) is 1. The van der Waals surface area contributed by atoms with Crippen LogP contribution >= 0.6 is 11.3 Å². The number of anilines is 1. The van der Waals surface area contributed by atoms with Gasteiger partial charge >= 0.3 is 0 Å². The standard InChI is InChI=1S/C23H22N2O3S/c1-3-15-5-7-16(8-6-15)11-22(26)25-23-24-19(14-29-23)21-13-17-12-18(27-4-2)9-10-20(17)28-21/h5-10,12-14H,3-4,11H2,1-2H3,(H,24,25,26). The fourth-order valence-electron chi connectivity index (χ4n) is 3.09. The largest absolute Gasteiger partial charge is 0.494 e. The Morgan fingerprint density at radius 1 is 1.10 bits per heavy atom. The van der Waals surface area contributed by atoms with E-state index in [1.54, 1.807) is 0 Å². The van der Waals surface area contributed by atoms with E-state index in [9.17, 15) is 4.79 Å². The molecular formula is C23H22N2O3S. The molecule has 0 aliphatic heterocycles. The van der Waals surface area contributed by atoms with Gasteiger partial charge in [-0.3, -0.25) is 4.79 Å². The summed E-state index contributed by atoms with van der Waals surface area (Å²) in [5.41, 5.74) is 3.72. The Kier molecular flexibility index (Phi) is 5.62. The third kappa shape index (κ3) is 4.49. The van der Waals surface area contributed by atoms with Gasteiger partial charge < -0.3 is 14.5 Å². The SMILES string of the molecule is CCOc1ccc2oc(-c3csc(NC(=O)Cc4ccc(CC)cc4)n3)cc2c1. The number of fused-ring (bicyclic) bond motifs is 1. The van der Waals surface area contributed by atoms with Crippen LogP contribution in [0.2, 0.25) is 0 Å². The number of amides is 1. The number of aromatic nitrogens is 1. The molecule has 0 aliphatic rings. The lowest BCUT2D eigenvalue weighted by molar-refractivity contribution is -0.115. The predicted molar refractivity (Wildman–Crippen MR) is 117 cm³/mol. The second kappa shape index (κ2) is 8.49. The number of carbonyl (C=O) groups is 1. The number of nitrogens with one attached hydrogen (secondary N) is 1. The monoisotopic (exact) mass is 406 g/mol. The molecule has 0 fully saturated rings. The van der Waals surface area contributed by atoms with Crippen molar-refractivity contribution in [3.8, 4) is 17.2 Å². The molecule has 148 valence electrons. The zero-order chi connectivity index (χ0) is 20.2. The number of nitrogens with zero attached hydrogens (tertiary/aromatic N) is 1. The maximum absolute atomic E-state index is 12.3. The zero-order valence-electron chi connectivity index (χ0n) is 16.4. The van der Waals surface area contributed by atoms with Gasteiger partial charge in [0.2, 0.25) is 5.91 Å². The van der Waals surface area contributed by atoms with Gasteiger partial charge in [-0.15, -0.1) is 11.3 Å². The summed E-state index contributed by atoms with van der Waals surface area (Å²) in [6.45, 7) is 4.69. The second-order valence-corrected chi connectivity index (χ2v) is 7.53. The molecule has 29 heavy (non-hydrogen) atoms. The van der Waals surface area contributed by atoms with Crippen LogP contribution in [0.4, 0.5) is 5.13 Å². The van der Waals surface area contributed by atoms with Crippen LogP contribution in [0.3, 0.4) is 0 Å². The summed E-state index contributed by atoms with van der Waals surface area (Å²) in [4.78, 5) is 16.8. The first-order valence-electron chi connectivity index (χ1n) is 9.64. The summed E-state index contributed by atoms with van der Waals surface area (Å²) < 4.78 is 11.4. The highest BCUT2D eigenvalue weighted by Crippen LogP contribution is 2.32. The van der Waals surface area contributed by atoms with E-state index in [1.165, 1.54) is 16.9 Å². The molecule has 0 unspecified atom stereocenters. The Labute approximate surface area is 173 Å². The van der Waals surface area contributed by atoms with Gasteiger partial charge in [0.1, 0.15) is 17.0 Å². The van der Waals surface area contributed by atoms with Crippen molar-refractivity contribution >= 4 is 33.3 Å². The van der Waals surface area contributed by atoms with Gasteiger partial charge in [-0.2, -0.15) is 0 Å². The first kappa shape index (κ1) is 19.2. The Hall–Kier alpha value is -3.12. The Morgan fingerprint density at radius 3 is 2.66 bits per heavy atom. The van der Waals surface area contributed by atoms with E-state index >= 15 is 0 Å². The number of thiazole rings is 1. The summed E-state index contributed by atoms with van der Waals surface area (Å²) in [7, 11) is 0. The number of benzene rings is 2.